The zero-order valence-electron chi connectivity index (χ0n) is 12.6. The van der Waals surface area contributed by atoms with E-state index in [0.29, 0.717) is 12.4 Å². The molecule has 0 aromatic heterocycles. The molecule has 0 bridgehead atoms. The van der Waals surface area contributed by atoms with E-state index in [4.69, 9.17) is 14.2 Å². The third-order valence-electron chi connectivity index (χ3n) is 3.76. The monoisotopic (exact) mass is 284 g/mol. The Hall–Kier alpha value is -2.00. The van der Waals surface area contributed by atoms with E-state index in [1.807, 2.05) is 75.4 Å². The lowest BCUT2D eigenvalue weighted by Crippen LogP contribution is -2.59. The second-order valence-electron chi connectivity index (χ2n) is 5.58. The Kier molecular flexibility index (Phi) is 3.38. The highest BCUT2D eigenvalue weighted by Gasteiger charge is 2.55. The van der Waals surface area contributed by atoms with Crippen molar-refractivity contribution in [2.45, 2.75) is 32.2 Å². The minimum atomic E-state index is -0.961. The fourth-order valence-electron chi connectivity index (χ4n) is 2.79. The minimum Gasteiger partial charge on any atom is -0.477 e. The molecular weight excluding hydrogens is 264 g/mol. The quantitative estimate of drug-likeness (QED) is 0.848. The Morgan fingerprint density at radius 2 is 1.43 bits per heavy atom. The number of ether oxygens (including phenoxy) is 3. The van der Waals surface area contributed by atoms with Crippen LogP contribution in [0.5, 0.6) is 11.5 Å². The van der Waals surface area contributed by atoms with Crippen LogP contribution >= 0.6 is 0 Å². The Labute approximate surface area is 125 Å². The van der Waals surface area contributed by atoms with Gasteiger partial charge in [0.25, 0.3) is 5.79 Å². The molecule has 2 aromatic rings. The predicted octanol–water partition coefficient (Wildman–Crippen LogP) is 4.13. The molecule has 0 fully saturated rings. The van der Waals surface area contributed by atoms with Crippen molar-refractivity contribution in [2.75, 3.05) is 6.61 Å². The van der Waals surface area contributed by atoms with Gasteiger partial charge in [0.1, 0.15) is 0 Å². The first kappa shape index (κ1) is 14.0. The standard InChI is InChI=1S/C18H20O3/c1-4-19-18(14-10-6-5-7-11-14)17(2,3)20-15-12-8-9-13-16(15)21-18/h5-13H,4H2,1-3H3. The van der Waals surface area contributed by atoms with Gasteiger partial charge in [0.2, 0.25) is 0 Å². The molecule has 1 unspecified atom stereocenters. The molecule has 2 aromatic carbocycles. The molecular formula is C18H20O3. The van der Waals surface area contributed by atoms with E-state index < -0.39 is 11.4 Å². The van der Waals surface area contributed by atoms with Gasteiger partial charge in [-0.1, -0.05) is 42.5 Å². The first-order chi connectivity index (χ1) is 10.1. The summed E-state index contributed by atoms with van der Waals surface area (Å²) >= 11 is 0. The molecule has 110 valence electrons. The molecule has 1 aliphatic heterocycles. The summed E-state index contributed by atoms with van der Waals surface area (Å²) in [5, 5.41) is 0. The van der Waals surface area contributed by atoms with E-state index >= 15 is 0 Å². The van der Waals surface area contributed by atoms with E-state index in [-0.39, 0.29) is 0 Å². The largest absolute Gasteiger partial charge is 0.477 e. The first-order valence-corrected chi connectivity index (χ1v) is 7.25. The SMILES string of the molecule is CCOC1(c2ccccc2)Oc2ccccc2OC1(C)C. The topological polar surface area (TPSA) is 27.7 Å². The Bertz CT molecular complexity index is 621. The molecule has 0 N–H and O–H groups in total. The molecule has 21 heavy (non-hydrogen) atoms. The van der Waals surface area contributed by atoms with Crippen molar-refractivity contribution in [3.63, 3.8) is 0 Å². The lowest BCUT2D eigenvalue weighted by molar-refractivity contribution is -0.285. The highest BCUT2D eigenvalue weighted by Crippen LogP contribution is 2.48. The van der Waals surface area contributed by atoms with Crippen molar-refractivity contribution < 1.29 is 14.2 Å². The van der Waals surface area contributed by atoms with Crippen LogP contribution in [0.15, 0.2) is 54.6 Å². The van der Waals surface area contributed by atoms with Crippen LogP contribution in [0.3, 0.4) is 0 Å². The number of fused-ring (bicyclic) bond motifs is 1. The third kappa shape index (κ3) is 2.18. The van der Waals surface area contributed by atoms with Gasteiger partial charge in [0.05, 0.1) is 0 Å². The van der Waals surface area contributed by atoms with E-state index in [1.165, 1.54) is 0 Å². The van der Waals surface area contributed by atoms with E-state index in [9.17, 15) is 0 Å². The van der Waals surface area contributed by atoms with Crippen LogP contribution in [0.4, 0.5) is 0 Å². The lowest BCUT2D eigenvalue weighted by Gasteiger charge is -2.48. The van der Waals surface area contributed by atoms with Gasteiger partial charge < -0.3 is 14.2 Å². The fraction of sp³-hybridized carbons (Fsp3) is 0.333. The van der Waals surface area contributed by atoms with Gasteiger partial charge in [-0.3, -0.25) is 0 Å². The number of para-hydroxylation sites is 2. The van der Waals surface area contributed by atoms with Gasteiger partial charge in [-0.05, 0) is 32.9 Å². The van der Waals surface area contributed by atoms with Crippen molar-refractivity contribution in [2.24, 2.45) is 0 Å². The van der Waals surface area contributed by atoms with Crippen LogP contribution in [0.2, 0.25) is 0 Å². The second kappa shape index (κ2) is 5.08. The first-order valence-electron chi connectivity index (χ1n) is 7.25. The smallest absolute Gasteiger partial charge is 0.277 e. The fourth-order valence-corrected chi connectivity index (χ4v) is 2.79. The maximum Gasteiger partial charge on any atom is 0.277 e. The van der Waals surface area contributed by atoms with Crippen LogP contribution in [0, 0.1) is 0 Å². The van der Waals surface area contributed by atoms with Gasteiger partial charge in [0.15, 0.2) is 17.1 Å². The summed E-state index contributed by atoms with van der Waals surface area (Å²) in [7, 11) is 0. The Morgan fingerprint density at radius 1 is 0.857 bits per heavy atom. The summed E-state index contributed by atoms with van der Waals surface area (Å²) in [5.41, 5.74) is 0.296. The van der Waals surface area contributed by atoms with E-state index in [0.717, 1.165) is 11.3 Å². The van der Waals surface area contributed by atoms with Crippen molar-refractivity contribution in [1.29, 1.82) is 0 Å². The zero-order chi connectivity index (χ0) is 14.9. The molecule has 0 amide bonds. The summed E-state index contributed by atoms with van der Waals surface area (Å²) in [6, 6.07) is 17.7. The summed E-state index contributed by atoms with van der Waals surface area (Å²) < 4.78 is 18.6. The highest BCUT2D eigenvalue weighted by atomic mass is 16.7. The number of rotatable bonds is 3. The normalized spacial score (nSPS) is 22.8. The molecule has 3 nitrogen and oxygen atoms in total. The van der Waals surface area contributed by atoms with Gasteiger partial charge in [-0.15, -0.1) is 0 Å². The van der Waals surface area contributed by atoms with Gasteiger partial charge in [0, 0.05) is 12.2 Å². The summed E-state index contributed by atoms with van der Waals surface area (Å²) in [6.45, 7) is 6.48. The molecule has 0 saturated carbocycles. The second-order valence-corrected chi connectivity index (χ2v) is 5.58. The molecule has 0 aliphatic carbocycles. The van der Waals surface area contributed by atoms with Crippen molar-refractivity contribution >= 4 is 0 Å². The number of hydrogen-bond donors (Lipinski definition) is 0. The predicted molar refractivity (Wildman–Crippen MR) is 81.5 cm³/mol. The Balaban J connectivity index is 2.15. The van der Waals surface area contributed by atoms with Crippen LogP contribution < -0.4 is 9.47 Å². The maximum absolute atomic E-state index is 6.31. The average molecular weight is 284 g/mol. The molecule has 3 rings (SSSR count). The lowest BCUT2D eigenvalue weighted by atomic mass is 9.88. The van der Waals surface area contributed by atoms with Crippen molar-refractivity contribution in [3.8, 4) is 11.5 Å². The zero-order valence-corrected chi connectivity index (χ0v) is 12.6. The summed E-state index contributed by atoms with van der Waals surface area (Å²) in [4.78, 5) is 0. The van der Waals surface area contributed by atoms with Crippen LogP contribution in [0.1, 0.15) is 26.3 Å². The Morgan fingerprint density at radius 3 is 2.05 bits per heavy atom. The molecule has 0 radical (unpaired) electrons. The molecule has 0 saturated heterocycles. The number of benzene rings is 2. The molecule has 1 aliphatic rings. The van der Waals surface area contributed by atoms with Gasteiger partial charge in [-0.2, -0.15) is 0 Å². The van der Waals surface area contributed by atoms with Crippen LogP contribution in [-0.4, -0.2) is 12.2 Å². The molecule has 1 atom stereocenters. The average Bonchev–Trinajstić information content (AvgIpc) is 2.48. The van der Waals surface area contributed by atoms with Crippen LogP contribution in [0.25, 0.3) is 0 Å². The highest BCUT2D eigenvalue weighted by molar-refractivity contribution is 5.44. The van der Waals surface area contributed by atoms with E-state index in [1.54, 1.807) is 0 Å². The molecule has 1 heterocycles. The summed E-state index contributed by atoms with van der Waals surface area (Å²) in [5.74, 6) is 0.486. The van der Waals surface area contributed by atoms with Crippen LogP contribution in [-0.2, 0) is 10.5 Å². The van der Waals surface area contributed by atoms with Gasteiger partial charge >= 0.3 is 0 Å². The number of hydrogen-bond acceptors (Lipinski definition) is 3. The van der Waals surface area contributed by atoms with Gasteiger partial charge in [-0.25, -0.2) is 0 Å². The molecule has 3 heteroatoms. The third-order valence-corrected chi connectivity index (χ3v) is 3.76. The van der Waals surface area contributed by atoms with E-state index in [2.05, 4.69) is 0 Å². The van der Waals surface area contributed by atoms with Crippen molar-refractivity contribution in [1.82, 2.24) is 0 Å². The molecule has 0 spiro atoms. The maximum atomic E-state index is 6.31. The van der Waals surface area contributed by atoms with Crippen molar-refractivity contribution in [3.05, 3.63) is 60.2 Å². The summed E-state index contributed by atoms with van der Waals surface area (Å²) in [6.07, 6.45) is 0. The minimum absolute atomic E-state index is 0.532.